The lowest BCUT2D eigenvalue weighted by Crippen LogP contribution is -2.40. The van der Waals surface area contributed by atoms with E-state index in [0.29, 0.717) is 44.8 Å². The van der Waals surface area contributed by atoms with Gasteiger partial charge in [-0.3, -0.25) is 4.79 Å². The second-order valence-electron chi connectivity index (χ2n) is 6.53. The number of amides is 1. The van der Waals surface area contributed by atoms with E-state index in [4.69, 9.17) is 4.74 Å². The predicted octanol–water partition coefficient (Wildman–Crippen LogP) is -0.0334. The van der Waals surface area contributed by atoms with Gasteiger partial charge in [-0.2, -0.15) is 4.31 Å². The molecular weight excluding hydrogens is 380 g/mol. The molecule has 1 amide bonds. The summed E-state index contributed by atoms with van der Waals surface area (Å²) in [7, 11) is -6.78. The fraction of sp³-hybridized carbons (Fsp3) is 0.562. The zero-order valence-electron chi connectivity index (χ0n) is 14.5. The van der Waals surface area contributed by atoms with Crippen LogP contribution < -0.4 is 0 Å². The fourth-order valence-corrected chi connectivity index (χ4v) is 5.54. The van der Waals surface area contributed by atoms with Crippen LogP contribution in [0.5, 0.6) is 0 Å². The van der Waals surface area contributed by atoms with Gasteiger partial charge in [0, 0.05) is 38.0 Å². The van der Waals surface area contributed by atoms with Crippen LogP contribution in [0, 0.1) is 0 Å². The molecule has 1 aromatic carbocycles. The Morgan fingerprint density at radius 1 is 1.04 bits per heavy atom. The van der Waals surface area contributed by atoms with Crippen LogP contribution in [0.15, 0.2) is 29.2 Å². The summed E-state index contributed by atoms with van der Waals surface area (Å²) in [5.41, 5.74) is 0.347. The van der Waals surface area contributed by atoms with Crippen molar-refractivity contribution < 1.29 is 26.4 Å². The van der Waals surface area contributed by atoms with Crippen LogP contribution in [0.4, 0.5) is 0 Å². The molecule has 0 aromatic heterocycles. The normalized spacial score (nSPS) is 22.5. The first kappa shape index (κ1) is 19.3. The van der Waals surface area contributed by atoms with Crippen molar-refractivity contribution in [2.75, 3.05) is 45.6 Å². The highest BCUT2D eigenvalue weighted by Crippen LogP contribution is 2.21. The van der Waals surface area contributed by atoms with E-state index in [-0.39, 0.29) is 17.3 Å². The minimum Gasteiger partial charge on any atom is -0.379 e. The lowest BCUT2D eigenvalue weighted by molar-refractivity contribution is 0.0730. The molecule has 1 aromatic rings. The fourth-order valence-electron chi connectivity index (χ4n) is 3.15. The number of hydrogen-bond acceptors (Lipinski definition) is 6. The smallest absolute Gasteiger partial charge is 0.253 e. The summed E-state index contributed by atoms with van der Waals surface area (Å²) in [5.74, 6) is -0.286. The minimum absolute atomic E-state index is 0.131. The van der Waals surface area contributed by atoms with E-state index in [1.54, 1.807) is 0 Å². The predicted molar refractivity (Wildman–Crippen MR) is 95.2 cm³/mol. The van der Waals surface area contributed by atoms with Crippen molar-refractivity contribution in [1.29, 1.82) is 0 Å². The van der Waals surface area contributed by atoms with Gasteiger partial charge in [-0.25, -0.2) is 16.8 Å². The Bertz CT molecular complexity index is 874. The molecule has 0 saturated carbocycles. The number of likely N-dealkylation sites (tertiary alicyclic amines) is 1. The molecule has 1 atom stereocenters. The Kier molecular flexibility index (Phi) is 5.38. The highest BCUT2D eigenvalue weighted by Gasteiger charge is 2.33. The molecule has 144 valence electrons. The Morgan fingerprint density at radius 2 is 1.65 bits per heavy atom. The monoisotopic (exact) mass is 402 g/mol. The van der Waals surface area contributed by atoms with Gasteiger partial charge in [-0.1, -0.05) is 0 Å². The number of nitrogens with zero attached hydrogens (tertiary/aromatic N) is 2. The molecule has 2 aliphatic heterocycles. The van der Waals surface area contributed by atoms with Crippen molar-refractivity contribution in [3.8, 4) is 0 Å². The zero-order valence-corrected chi connectivity index (χ0v) is 16.1. The maximum absolute atomic E-state index is 12.6. The van der Waals surface area contributed by atoms with Gasteiger partial charge in [0.05, 0.1) is 23.4 Å². The van der Waals surface area contributed by atoms with E-state index in [2.05, 4.69) is 0 Å². The van der Waals surface area contributed by atoms with Gasteiger partial charge < -0.3 is 9.64 Å². The van der Waals surface area contributed by atoms with Crippen molar-refractivity contribution in [2.24, 2.45) is 0 Å². The number of morpholine rings is 1. The van der Waals surface area contributed by atoms with Crippen LogP contribution in [0.25, 0.3) is 0 Å². The molecule has 1 unspecified atom stereocenters. The molecule has 2 heterocycles. The van der Waals surface area contributed by atoms with Gasteiger partial charge in [0.25, 0.3) is 5.91 Å². The Morgan fingerprint density at radius 3 is 2.19 bits per heavy atom. The summed E-state index contributed by atoms with van der Waals surface area (Å²) in [6.07, 6.45) is 1.60. The number of sulfone groups is 1. The average molecular weight is 402 g/mol. The van der Waals surface area contributed by atoms with Crippen LogP contribution in [-0.2, 0) is 24.6 Å². The molecule has 0 N–H and O–H groups in total. The molecule has 2 saturated heterocycles. The van der Waals surface area contributed by atoms with Crippen molar-refractivity contribution in [1.82, 2.24) is 9.21 Å². The first-order valence-electron chi connectivity index (χ1n) is 8.36. The lowest BCUT2D eigenvalue weighted by atomic mass is 10.2. The first-order chi connectivity index (χ1) is 12.2. The van der Waals surface area contributed by atoms with Gasteiger partial charge in [0.1, 0.15) is 0 Å². The molecule has 3 rings (SSSR count). The Hall–Kier alpha value is -1.49. The first-order valence-corrected chi connectivity index (χ1v) is 11.7. The standard InChI is InChI=1S/C16H22N2O6S2/c1-25(20,21)15-6-7-17(12-15)16(19)13-2-4-14(5-3-13)26(22,23)18-8-10-24-11-9-18/h2-5,15H,6-12H2,1H3. The summed E-state index contributed by atoms with van der Waals surface area (Å²) in [6.45, 7) is 1.90. The van der Waals surface area contributed by atoms with E-state index >= 15 is 0 Å². The van der Waals surface area contributed by atoms with Gasteiger partial charge >= 0.3 is 0 Å². The molecule has 0 aliphatic carbocycles. The third kappa shape index (κ3) is 3.93. The van der Waals surface area contributed by atoms with Crippen molar-refractivity contribution >= 4 is 25.8 Å². The molecule has 0 bridgehead atoms. The van der Waals surface area contributed by atoms with Crippen LogP contribution in [0.3, 0.4) is 0 Å². The van der Waals surface area contributed by atoms with Crippen molar-refractivity contribution in [2.45, 2.75) is 16.6 Å². The molecule has 10 heteroatoms. The van der Waals surface area contributed by atoms with Gasteiger partial charge in [-0.15, -0.1) is 0 Å². The quantitative estimate of drug-likeness (QED) is 0.701. The molecule has 8 nitrogen and oxygen atoms in total. The van der Waals surface area contributed by atoms with E-state index in [1.165, 1.54) is 39.7 Å². The minimum atomic E-state index is -3.60. The number of benzene rings is 1. The van der Waals surface area contributed by atoms with E-state index in [0.717, 1.165) is 0 Å². The highest BCUT2D eigenvalue weighted by molar-refractivity contribution is 7.91. The average Bonchev–Trinajstić information content (AvgIpc) is 3.12. The largest absolute Gasteiger partial charge is 0.379 e. The third-order valence-electron chi connectivity index (χ3n) is 4.75. The maximum Gasteiger partial charge on any atom is 0.253 e. The summed E-state index contributed by atoms with van der Waals surface area (Å²) in [6, 6.07) is 5.79. The topological polar surface area (TPSA) is 101 Å². The SMILES string of the molecule is CS(=O)(=O)C1CCN(C(=O)c2ccc(S(=O)(=O)N3CCOCC3)cc2)C1. The number of sulfonamides is 1. The van der Waals surface area contributed by atoms with Crippen LogP contribution in [0.1, 0.15) is 16.8 Å². The second kappa shape index (κ2) is 7.26. The summed E-state index contributed by atoms with van der Waals surface area (Å²) in [5, 5.41) is -0.535. The Labute approximate surface area is 153 Å². The van der Waals surface area contributed by atoms with Crippen molar-refractivity contribution in [3.05, 3.63) is 29.8 Å². The second-order valence-corrected chi connectivity index (χ2v) is 10.8. The summed E-state index contributed by atoms with van der Waals surface area (Å²) < 4.78 is 55.0. The molecule has 2 aliphatic rings. The molecule has 0 radical (unpaired) electrons. The Balaban J connectivity index is 1.72. The number of carbonyl (C=O) groups excluding carboxylic acids is 1. The zero-order chi connectivity index (χ0) is 18.9. The van der Waals surface area contributed by atoms with Crippen LogP contribution in [0.2, 0.25) is 0 Å². The lowest BCUT2D eigenvalue weighted by Gasteiger charge is -2.26. The van der Waals surface area contributed by atoms with Gasteiger partial charge in [-0.05, 0) is 30.7 Å². The summed E-state index contributed by atoms with van der Waals surface area (Å²) in [4.78, 5) is 14.2. The van der Waals surface area contributed by atoms with Crippen LogP contribution >= 0.6 is 0 Å². The third-order valence-corrected chi connectivity index (χ3v) is 8.26. The maximum atomic E-state index is 12.6. The molecule has 26 heavy (non-hydrogen) atoms. The highest BCUT2D eigenvalue weighted by atomic mass is 32.2. The van der Waals surface area contributed by atoms with Crippen molar-refractivity contribution in [3.63, 3.8) is 0 Å². The van der Waals surface area contributed by atoms with E-state index < -0.39 is 25.1 Å². The molecular formula is C16H22N2O6S2. The van der Waals surface area contributed by atoms with Gasteiger partial charge in [0.2, 0.25) is 10.0 Å². The summed E-state index contributed by atoms with van der Waals surface area (Å²) >= 11 is 0. The molecule has 0 spiro atoms. The number of carbonyl (C=O) groups is 1. The van der Waals surface area contributed by atoms with Crippen LogP contribution in [-0.4, -0.2) is 82.8 Å². The number of hydrogen-bond donors (Lipinski definition) is 0. The number of rotatable bonds is 4. The van der Waals surface area contributed by atoms with E-state index in [9.17, 15) is 21.6 Å². The number of ether oxygens (including phenoxy) is 1. The van der Waals surface area contributed by atoms with Gasteiger partial charge in [0.15, 0.2) is 9.84 Å². The molecule has 2 fully saturated rings. The van der Waals surface area contributed by atoms with E-state index in [1.807, 2.05) is 0 Å².